The minimum absolute atomic E-state index is 0.258. The molecule has 11 heteroatoms. The van der Waals surface area contributed by atoms with Crippen molar-refractivity contribution in [1.29, 1.82) is 0 Å². The van der Waals surface area contributed by atoms with Gasteiger partial charge in [0.15, 0.2) is 5.82 Å². The molecule has 214 valence electrons. The SMILES string of the molecule is CC.CC.C[C@H](O)Cn1cc(-c2cc3c(N)ncnn3c2)cn1.Cc1ccc([C@](C)(N)c2cnc(N)nc2)cc1. The number of nitrogens with two attached hydrogens (primary N) is 3. The van der Waals surface area contributed by atoms with Gasteiger partial charge >= 0.3 is 0 Å². The molecular formula is C29H42N10O. The minimum atomic E-state index is -0.610. The molecule has 0 fully saturated rings. The molecule has 0 saturated heterocycles. The fourth-order valence-corrected chi connectivity index (χ4v) is 3.66. The molecule has 0 aliphatic carbocycles. The Kier molecular flexibility index (Phi) is 11.7. The van der Waals surface area contributed by atoms with Gasteiger partial charge in [-0.3, -0.25) is 4.68 Å². The highest BCUT2D eigenvalue weighted by molar-refractivity contribution is 5.75. The summed E-state index contributed by atoms with van der Waals surface area (Å²) in [5.41, 5.74) is 22.7. The van der Waals surface area contributed by atoms with E-state index < -0.39 is 11.6 Å². The van der Waals surface area contributed by atoms with Gasteiger partial charge in [-0.05, 0) is 32.4 Å². The van der Waals surface area contributed by atoms with Gasteiger partial charge in [-0.25, -0.2) is 19.5 Å². The molecular weight excluding hydrogens is 504 g/mol. The van der Waals surface area contributed by atoms with Crippen LogP contribution in [-0.2, 0) is 12.1 Å². The van der Waals surface area contributed by atoms with Gasteiger partial charge in [0.25, 0.3) is 0 Å². The van der Waals surface area contributed by atoms with Crippen molar-refractivity contribution in [2.45, 2.75) is 66.7 Å². The zero-order chi connectivity index (χ0) is 29.9. The van der Waals surface area contributed by atoms with Crippen LogP contribution in [0.5, 0.6) is 0 Å². The van der Waals surface area contributed by atoms with Crippen LogP contribution in [0, 0.1) is 6.92 Å². The molecule has 40 heavy (non-hydrogen) atoms. The highest BCUT2D eigenvalue weighted by Gasteiger charge is 2.24. The van der Waals surface area contributed by atoms with Crippen molar-refractivity contribution in [3.8, 4) is 11.1 Å². The lowest BCUT2D eigenvalue weighted by molar-refractivity contribution is 0.168. The van der Waals surface area contributed by atoms with Crippen molar-refractivity contribution in [1.82, 2.24) is 34.3 Å². The van der Waals surface area contributed by atoms with Crippen LogP contribution in [-0.4, -0.2) is 45.6 Å². The highest BCUT2D eigenvalue weighted by atomic mass is 16.3. The number of anilines is 2. The quantitative estimate of drug-likeness (QED) is 0.252. The lowest BCUT2D eigenvalue weighted by Crippen LogP contribution is -2.34. The maximum Gasteiger partial charge on any atom is 0.219 e. The summed E-state index contributed by atoms with van der Waals surface area (Å²) in [6, 6.07) is 10.0. The molecule has 2 atom stereocenters. The fourth-order valence-electron chi connectivity index (χ4n) is 3.66. The molecule has 0 bridgehead atoms. The van der Waals surface area contributed by atoms with Crippen LogP contribution in [0.1, 0.15) is 58.2 Å². The average molecular weight is 547 g/mol. The second-order valence-corrected chi connectivity index (χ2v) is 8.90. The highest BCUT2D eigenvalue weighted by Crippen LogP contribution is 2.26. The van der Waals surface area contributed by atoms with Gasteiger partial charge in [0.2, 0.25) is 5.95 Å². The van der Waals surface area contributed by atoms with Crippen molar-refractivity contribution < 1.29 is 5.11 Å². The summed E-state index contributed by atoms with van der Waals surface area (Å²) in [6.07, 6.45) is 9.83. The number of aryl methyl sites for hydroxylation is 1. The molecule has 4 aromatic heterocycles. The van der Waals surface area contributed by atoms with Gasteiger partial charge < -0.3 is 22.3 Å². The van der Waals surface area contributed by atoms with Crippen LogP contribution in [0.3, 0.4) is 0 Å². The zero-order valence-corrected chi connectivity index (χ0v) is 24.4. The van der Waals surface area contributed by atoms with E-state index in [0.717, 1.165) is 27.8 Å². The van der Waals surface area contributed by atoms with Crippen molar-refractivity contribution in [3.05, 3.63) is 84.3 Å². The van der Waals surface area contributed by atoms with Gasteiger partial charge in [-0.1, -0.05) is 57.5 Å². The number of nitrogen functional groups attached to an aromatic ring is 2. The van der Waals surface area contributed by atoms with Gasteiger partial charge in [-0.2, -0.15) is 10.2 Å². The Labute approximate surface area is 236 Å². The number of hydrogen-bond donors (Lipinski definition) is 4. The Morgan fingerprint density at radius 2 is 1.50 bits per heavy atom. The predicted molar refractivity (Wildman–Crippen MR) is 161 cm³/mol. The summed E-state index contributed by atoms with van der Waals surface area (Å²) in [5, 5.41) is 17.6. The average Bonchev–Trinajstić information content (AvgIpc) is 3.59. The maximum absolute atomic E-state index is 9.34. The summed E-state index contributed by atoms with van der Waals surface area (Å²) in [5.74, 6) is 0.700. The van der Waals surface area contributed by atoms with Crippen LogP contribution >= 0.6 is 0 Å². The number of aliphatic hydroxyl groups excluding tert-OH is 1. The minimum Gasteiger partial charge on any atom is -0.391 e. The summed E-state index contributed by atoms with van der Waals surface area (Å²) >= 11 is 0. The molecule has 5 aromatic rings. The Hall–Kier alpha value is -4.35. The molecule has 11 nitrogen and oxygen atoms in total. The molecule has 0 spiro atoms. The molecule has 7 N–H and O–H groups in total. The van der Waals surface area contributed by atoms with Crippen LogP contribution in [0.15, 0.2) is 67.6 Å². The number of nitrogens with zero attached hydrogens (tertiary/aromatic N) is 7. The lowest BCUT2D eigenvalue weighted by atomic mass is 9.87. The number of rotatable bonds is 5. The molecule has 5 rings (SSSR count). The molecule has 0 aliphatic rings. The van der Waals surface area contributed by atoms with Crippen LogP contribution in [0.4, 0.5) is 11.8 Å². The van der Waals surface area contributed by atoms with Crippen LogP contribution in [0.25, 0.3) is 16.6 Å². The topological polar surface area (TPSA) is 172 Å². The van der Waals surface area contributed by atoms with E-state index in [1.165, 1.54) is 11.9 Å². The Bertz CT molecular complexity index is 1390. The first-order chi connectivity index (χ1) is 19.1. The Morgan fingerprint density at radius 3 is 2.08 bits per heavy atom. The van der Waals surface area contributed by atoms with E-state index >= 15 is 0 Å². The van der Waals surface area contributed by atoms with E-state index in [2.05, 4.69) is 25.1 Å². The normalized spacial score (nSPS) is 12.5. The zero-order valence-electron chi connectivity index (χ0n) is 24.4. The first-order valence-corrected chi connectivity index (χ1v) is 13.4. The monoisotopic (exact) mass is 546 g/mol. The number of aromatic nitrogens is 7. The van der Waals surface area contributed by atoms with E-state index in [0.29, 0.717) is 12.4 Å². The maximum atomic E-state index is 9.34. The third-order valence-corrected chi connectivity index (χ3v) is 5.78. The van der Waals surface area contributed by atoms with Crippen molar-refractivity contribution in [3.63, 3.8) is 0 Å². The van der Waals surface area contributed by atoms with E-state index in [9.17, 15) is 5.11 Å². The molecule has 0 amide bonds. The van der Waals surface area contributed by atoms with E-state index in [1.807, 2.05) is 84.3 Å². The Balaban J connectivity index is 0.000000251. The molecule has 0 radical (unpaired) electrons. The first-order valence-electron chi connectivity index (χ1n) is 13.4. The third-order valence-electron chi connectivity index (χ3n) is 5.78. The fraction of sp³-hybridized carbons (Fsp3) is 0.345. The van der Waals surface area contributed by atoms with E-state index in [4.69, 9.17) is 17.2 Å². The number of hydrogen-bond acceptors (Lipinski definition) is 9. The first kappa shape index (κ1) is 31.9. The van der Waals surface area contributed by atoms with Crippen LogP contribution < -0.4 is 17.2 Å². The van der Waals surface area contributed by atoms with Gasteiger partial charge in [0.05, 0.1) is 24.4 Å². The van der Waals surface area contributed by atoms with Gasteiger partial charge in [0, 0.05) is 41.5 Å². The number of aliphatic hydroxyl groups is 1. The summed E-state index contributed by atoms with van der Waals surface area (Å²) < 4.78 is 3.39. The lowest BCUT2D eigenvalue weighted by Gasteiger charge is -2.25. The third kappa shape index (κ3) is 8.08. The second kappa shape index (κ2) is 14.7. The van der Waals surface area contributed by atoms with Crippen molar-refractivity contribution in [2.24, 2.45) is 5.73 Å². The predicted octanol–water partition coefficient (Wildman–Crippen LogP) is 4.20. The second-order valence-electron chi connectivity index (χ2n) is 8.90. The summed E-state index contributed by atoms with van der Waals surface area (Å²) in [6.45, 7) is 14.2. The smallest absolute Gasteiger partial charge is 0.219 e. The molecule has 0 saturated carbocycles. The van der Waals surface area contributed by atoms with E-state index in [-0.39, 0.29) is 5.95 Å². The Morgan fingerprint density at radius 1 is 0.875 bits per heavy atom. The number of benzene rings is 1. The van der Waals surface area contributed by atoms with Crippen molar-refractivity contribution in [2.75, 3.05) is 11.5 Å². The molecule has 0 aliphatic heterocycles. The van der Waals surface area contributed by atoms with Crippen molar-refractivity contribution >= 4 is 17.3 Å². The molecule has 1 aromatic carbocycles. The van der Waals surface area contributed by atoms with Gasteiger partial charge in [0.1, 0.15) is 11.8 Å². The largest absolute Gasteiger partial charge is 0.391 e. The van der Waals surface area contributed by atoms with Crippen LogP contribution in [0.2, 0.25) is 0 Å². The molecule has 0 unspecified atom stereocenters. The summed E-state index contributed by atoms with van der Waals surface area (Å²) in [4.78, 5) is 11.9. The van der Waals surface area contributed by atoms with E-state index in [1.54, 1.807) is 34.7 Å². The standard InChI is InChI=1S/C13H16N4.C12H14N6O.2C2H6/c1-9-3-5-10(6-4-9)13(2,15)11-7-16-12(14)17-8-11;1-8(19)4-17-5-10(3-15-17)9-2-11-12(13)14-7-16-18(11)6-9;2*1-2/h3-8H,15H2,1-2H3,(H2,14,16,17);2-3,5-8,19H,4H2,1H3,(H2,13,14,16);2*1-2H3/t13-;8-;;/m00../s1. The number of fused-ring (bicyclic) bond motifs is 1. The van der Waals surface area contributed by atoms with Gasteiger partial charge in [-0.15, -0.1) is 0 Å². The summed E-state index contributed by atoms with van der Waals surface area (Å²) in [7, 11) is 0. The molecule has 4 heterocycles.